The molecule has 1 fully saturated rings. The molecule has 1 unspecified atom stereocenters. The van der Waals surface area contributed by atoms with Crippen molar-refractivity contribution in [3.05, 3.63) is 66.2 Å². The predicted octanol–water partition coefficient (Wildman–Crippen LogP) is 3.77. The third kappa shape index (κ3) is 5.32. The van der Waals surface area contributed by atoms with E-state index >= 15 is 0 Å². The van der Waals surface area contributed by atoms with Crippen molar-refractivity contribution in [2.75, 3.05) is 32.8 Å². The molecular weight excluding hydrogens is 310 g/mol. The van der Waals surface area contributed by atoms with E-state index in [4.69, 9.17) is 4.74 Å². The summed E-state index contributed by atoms with van der Waals surface area (Å²) in [7, 11) is 0. The van der Waals surface area contributed by atoms with E-state index in [9.17, 15) is 5.11 Å². The number of benzene rings is 2. The summed E-state index contributed by atoms with van der Waals surface area (Å²) in [6.07, 6.45) is 4.22. The molecule has 0 radical (unpaired) electrons. The van der Waals surface area contributed by atoms with E-state index in [-0.39, 0.29) is 12.0 Å². The molecule has 1 atom stereocenters. The highest BCUT2D eigenvalue weighted by Crippen LogP contribution is 2.33. The Balaban J connectivity index is 1.49. The van der Waals surface area contributed by atoms with Gasteiger partial charge < -0.3 is 14.7 Å². The van der Waals surface area contributed by atoms with Crippen molar-refractivity contribution in [3.8, 4) is 5.75 Å². The molecule has 0 aliphatic carbocycles. The van der Waals surface area contributed by atoms with E-state index in [1.807, 2.05) is 30.3 Å². The first-order valence-corrected chi connectivity index (χ1v) is 9.35. The maximum absolute atomic E-state index is 10.1. The minimum absolute atomic E-state index is 0.0241. The molecule has 0 saturated carbocycles. The Bertz CT molecular complexity index is 616. The zero-order valence-electron chi connectivity index (χ0n) is 14.9. The van der Waals surface area contributed by atoms with Gasteiger partial charge in [-0.15, -0.1) is 0 Å². The van der Waals surface area contributed by atoms with Gasteiger partial charge in [-0.05, 0) is 49.9 Å². The van der Waals surface area contributed by atoms with Crippen molar-refractivity contribution >= 4 is 0 Å². The summed E-state index contributed by atoms with van der Waals surface area (Å²) in [5.74, 6) is 0.910. The van der Waals surface area contributed by atoms with Crippen molar-refractivity contribution in [1.29, 1.82) is 0 Å². The monoisotopic (exact) mass is 339 g/mol. The highest BCUT2D eigenvalue weighted by molar-refractivity contribution is 5.20. The lowest BCUT2D eigenvalue weighted by Gasteiger charge is -2.42. The molecule has 3 rings (SSSR count). The van der Waals surface area contributed by atoms with Gasteiger partial charge in [-0.1, -0.05) is 48.5 Å². The highest BCUT2D eigenvalue weighted by atomic mass is 16.5. The molecule has 1 aliphatic rings. The SMILES string of the molecule is OCC1(CCOc2ccccc2)CCCN(CCc2ccccc2)C1. The van der Waals surface area contributed by atoms with Crippen LogP contribution in [-0.4, -0.2) is 42.9 Å². The molecule has 1 heterocycles. The van der Waals surface area contributed by atoms with Gasteiger partial charge in [0.15, 0.2) is 0 Å². The average Bonchev–Trinajstić information content (AvgIpc) is 2.68. The van der Waals surface area contributed by atoms with Gasteiger partial charge >= 0.3 is 0 Å². The average molecular weight is 339 g/mol. The summed E-state index contributed by atoms with van der Waals surface area (Å²) < 4.78 is 5.87. The van der Waals surface area contributed by atoms with Crippen LogP contribution < -0.4 is 4.74 Å². The third-order valence-electron chi connectivity index (χ3n) is 5.28. The molecule has 3 nitrogen and oxygen atoms in total. The van der Waals surface area contributed by atoms with E-state index in [0.29, 0.717) is 6.61 Å². The fraction of sp³-hybridized carbons (Fsp3) is 0.455. The van der Waals surface area contributed by atoms with Gasteiger partial charge in [0.05, 0.1) is 13.2 Å². The van der Waals surface area contributed by atoms with E-state index in [1.165, 1.54) is 5.56 Å². The lowest BCUT2D eigenvalue weighted by molar-refractivity contribution is 0.0164. The van der Waals surface area contributed by atoms with Crippen LogP contribution in [0.2, 0.25) is 0 Å². The molecule has 1 N–H and O–H groups in total. The van der Waals surface area contributed by atoms with Gasteiger partial charge in [0.1, 0.15) is 5.75 Å². The Morgan fingerprint density at radius 1 is 1.00 bits per heavy atom. The quantitative estimate of drug-likeness (QED) is 0.794. The van der Waals surface area contributed by atoms with Crippen LogP contribution in [0.4, 0.5) is 0 Å². The van der Waals surface area contributed by atoms with Crippen LogP contribution in [0.3, 0.4) is 0 Å². The third-order valence-corrected chi connectivity index (χ3v) is 5.28. The molecule has 3 heteroatoms. The summed E-state index contributed by atoms with van der Waals surface area (Å²) in [6.45, 7) is 4.07. The number of ether oxygens (including phenoxy) is 1. The Hall–Kier alpha value is -1.84. The number of rotatable bonds is 8. The Morgan fingerprint density at radius 2 is 1.72 bits per heavy atom. The largest absolute Gasteiger partial charge is 0.494 e. The number of nitrogens with zero attached hydrogens (tertiary/aromatic N) is 1. The molecule has 0 spiro atoms. The maximum atomic E-state index is 10.1. The highest BCUT2D eigenvalue weighted by Gasteiger charge is 2.34. The van der Waals surface area contributed by atoms with E-state index in [2.05, 4.69) is 35.2 Å². The molecular formula is C22H29NO2. The van der Waals surface area contributed by atoms with E-state index < -0.39 is 0 Å². The van der Waals surface area contributed by atoms with Crippen molar-refractivity contribution in [3.63, 3.8) is 0 Å². The molecule has 0 amide bonds. The smallest absolute Gasteiger partial charge is 0.119 e. The number of hydrogen-bond acceptors (Lipinski definition) is 3. The zero-order valence-corrected chi connectivity index (χ0v) is 14.9. The van der Waals surface area contributed by atoms with E-state index in [0.717, 1.165) is 51.1 Å². The Morgan fingerprint density at radius 3 is 2.44 bits per heavy atom. The molecule has 1 aliphatic heterocycles. The Labute approximate surface area is 151 Å². The summed E-state index contributed by atoms with van der Waals surface area (Å²) in [5, 5.41) is 10.1. The molecule has 134 valence electrons. The Kier molecular flexibility index (Phi) is 6.48. The number of aliphatic hydroxyl groups excluding tert-OH is 1. The van der Waals surface area contributed by atoms with Gasteiger partial charge in [0.25, 0.3) is 0 Å². The van der Waals surface area contributed by atoms with Gasteiger partial charge in [-0.25, -0.2) is 0 Å². The van der Waals surface area contributed by atoms with Crippen molar-refractivity contribution in [2.24, 2.45) is 5.41 Å². The first-order chi connectivity index (χ1) is 12.3. The number of hydrogen-bond donors (Lipinski definition) is 1. The summed E-state index contributed by atoms with van der Waals surface area (Å²) in [4.78, 5) is 2.51. The van der Waals surface area contributed by atoms with Crippen molar-refractivity contribution < 1.29 is 9.84 Å². The molecule has 2 aromatic carbocycles. The van der Waals surface area contributed by atoms with Gasteiger partial charge in [0.2, 0.25) is 0 Å². The second kappa shape index (κ2) is 9.02. The topological polar surface area (TPSA) is 32.7 Å². The van der Waals surface area contributed by atoms with Gasteiger partial charge in [0, 0.05) is 18.5 Å². The lowest BCUT2D eigenvalue weighted by atomic mass is 9.78. The van der Waals surface area contributed by atoms with Crippen molar-refractivity contribution in [2.45, 2.75) is 25.7 Å². The van der Waals surface area contributed by atoms with Crippen LogP contribution in [0.15, 0.2) is 60.7 Å². The summed E-state index contributed by atoms with van der Waals surface area (Å²) in [5.41, 5.74) is 1.36. The fourth-order valence-electron chi connectivity index (χ4n) is 3.75. The summed E-state index contributed by atoms with van der Waals surface area (Å²) in [6, 6.07) is 20.6. The number of aliphatic hydroxyl groups is 1. The summed E-state index contributed by atoms with van der Waals surface area (Å²) >= 11 is 0. The van der Waals surface area contributed by atoms with Crippen LogP contribution in [0.25, 0.3) is 0 Å². The molecule has 2 aromatic rings. The minimum Gasteiger partial charge on any atom is -0.494 e. The normalized spacial score (nSPS) is 21.2. The number of likely N-dealkylation sites (tertiary alicyclic amines) is 1. The van der Waals surface area contributed by atoms with Crippen LogP contribution in [0.5, 0.6) is 5.75 Å². The zero-order chi connectivity index (χ0) is 17.4. The first kappa shape index (κ1) is 18.0. The van der Waals surface area contributed by atoms with Crippen LogP contribution in [0, 0.1) is 5.41 Å². The molecule has 25 heavy (non-hydrogen) atoms. The van der Waals surface area contributed by atoms with Crippen LogP contribution in [0.1, 0.15) is 24.8 Å². The van der Waals surface area contributed by atoms with E-state index in [1.54, 1.807) is 0 Å². The fourth-order valence-corrected chi connectivity index (χ4v) is 3.75. The second-order valence-corrected chi connectivity index (χ2v) is 7.18. The standard InChI is InChI=1S/C22H29NO2/c24-19-22(14-17-25-21-10-5-2-6-11-21)13-7-15-23(18-22)16-12-20-8-3-1-4-9-20/h1-6,8-11,24H,7,12-19H2. The minimum atomic E-state index is -0.0241. The number of piperidine rings is 1. The first-order valence-electron chi connectivity index (χ1n) is 9.35. The van der Waals surface area contributed by atoms with Gasteiger partial charge in [-0.2, -0.15) is 0 Å². The van der Waals surface area contributed by atoms with Crippen molar-refractivity contribution in [1.82, 2.24) is 4.90 Å². The second-order valence-electron chi connectivity index (χ2n) is 7.18. The maximum Gasteiger partial charge on any atom is 0.119 e. The predicted molar refractivity (Wildman–Crippen MR) is 102 cm³/mol. The number of para-hydroxylation sites is 1. The van der Waals surface area contributed by atoms with Crippen LogP contribution in [-0.2, 0) is 6.42 Å². The molecule has 1 saturated heterocycles. The van der Waals surface area contributed by atoms with Gasteiger partial charge in [-0.3, -0.25) is 0 Å². The molecule has 0 aromatic heterocycles. The lowest BCUT2D eigenvalue weighted by Crippen LogP contribution is -2.46. The van der Waals surface area contributed by atoms with Crippen LogP contribution >= 0.6 is 0 Å². The molecule has 0 bridgehead atoms.